The molecule has 2 atom stereocenters. The first-order valence-electron chi connectivity index (χ1n) is 9.13. The van der Waals surface area contributed by atoms with Gasteiger partial charge in [0.1, 0.15) is 12.2 Å². The van der Waals surface area contributed by atoms with Gasteiger partial charge in [0.05, 0.1) is 19.8 Å². The van der Waals surface area contributed by atoms with Crippen LogP contribution in [0.1, 0.15) is 11.1 Å². The van der Waals surface area contributed by atoms with Crippen LogP contribution >= 0.6 is 0 Å². The van der Waals surface area contributed by atoms with Gasteiger partial charge in [-0.3, -0.25) is 4.79 Å². The van der Waals surface area contributed by atoms with Crippen LogP contribution in [0.25, 0.3) is 0 Å². The maximum atomic E-state index is 12.7. The molecule has 0 spiro atoms. The molecule has 1 N–H and O–H groups in total. The highest BCUT2D eigenvalue weighted by Crippen LogP contribution is 2.30. The van der Waals surface area contributed by atoms with Gasteiger partial charge < -0.3 is 19.3 Å². The Morgan fingerprint density at radius 3 is 2.21 bits per heavy atom. The van der Waals surface area contributed by atoms with E-state index in [-0.39, 0.29) is 25.6 Å². The van der Waals surface area contributed by atoms with Gasteiger partial charge in [-0.2, -0.15) is 0 Å². The fourth-order valence-corrected chi connectivity index (χ4v) is 2.99. The maximum Gasteiger partial charge on any atom is 0.229 e. The summed E-state index contributed by atoms with van der Waals surface area (Å²) >= 11 is 0. The van der Waals surface area contributed by atoms with Crippen LogP contribution in [0, 0.1) is 0 Å². The van der Waals surface area contributed by atoms with Gasteiger partial charge in [0.15, 0.2) is 11.9 Å². The zero-order chi connectivity index (χ0) is 19.8. The number of hydrogen-bond acceptors (Lipinski definition) is 5. The van der Waals surface area contributed by atoms with Crippen molar-refractivity contribution < 1.29 is 24.1 Å². The Kier molecular flexibility index (Phi) is 6.76. The second-order valence-corrected chi connectivity index (χ2v) is 6.62. The summed E-state index contributed by atoms with van der Waals surface area (Å²) < 4.78 is 16.9. The van der Waals surface area contributed by atoms with Crippen molar-refractivity contribution in [2.75, 3.05) is 13.2 Å². The van der Waals surface area contributed by atoms with Gasteiger partial charge in [0, 0.05) is 0 Å². The minimum atomic E-state index is -1.60. The Balaban J connectivity index is 1.67. The Morgan fingerprint density at radius 2 is 1.61 bits per heavy atom. The van der Waals surface area contributed by atoms with Crippen molar-refractivity contribution in [2.45, 2.75) is 24.9 Å². The Labute approximate surface area is 164 Å². The van der Waals surface area contributed by atoms with E-state index >= 15 is 0 Å². The molecule has 146 valence electrons. The van der Waals surface area contributed by atoms with E-state index in [0.29, 0.717) is 6.61 Å². The van der Waals surface area contributed by atoms with E-state index in [4.69, 9.17) is 14.2 Å². The van der Waals surface area contributed by atoms with E-state index < -0.39 is 17.5 Å². The van der Waals surface area contributed by atoms with Crippen LogP contribution < -0.4 is 0 Å². The van der Waals surface area contributed by atoms with Gasteiger partial charge in [-0.15, -0.1) is 6.58 Å². The molecule has 1 aliphatic carbocycles. The normalized spacial score (nSPS) is 21.4. The number of rotatable bonds is 10. The molecule has 0 fully saturated rings. The molecular formula is C23H24O5. The first-order chi connectivity index (χ1) is 13.6. The van der Waals surface area contributed by atoms with Crippen LogP contribution in [0.3, 0.4) is 0 Å². The standard InChI is InChI=1S/C23H24O5/c1-2-13-27-22-21(24)20(28-16-19-11-7-4-8-12-19)14-23(22,25)17-26-15-18-9-5-3-6-10-18/h2-12,14,22,25H,1,13,15-17H2/t22-,23+/m0/s1. The molecule has 0 heterocycles. The summed E-state index contributed by atoms with van der Waals surface area (Å²) in [6, 6.07) is 19.1. The van der Waals surface area contributed by atoms with Crippen molar-refractivity contribution in [2.24, 2.45) is 0 Å². The first-order valence-corrected chi connectivity index (χ1v) is 9.13. The van der Waals surface area contributed by atoms with Gasteiger partial charge >= 0.3 is 0 Å². The van der Waals surface area contributed by atoms with Gasteiger partial charge in [0.25, 0.3) is 0 Å². The highest BCUT2D eigenvalue weighted by Gasteiger charge is 2.49. The largest absolute Gasteiger partial charge is 0.485 e. The summed E-state index contributed by atoms with van der Waals surface area (Å²) in [5.41, 5.74) is 0.306. The SMILES string of the molecule is C=CCO[C@H]1C(=O)C(OCc2ccccc2)=C[C@@]1(O)COCc1ccccc1. The summed E-state index contributed by atoms with van der Waals surface area (Å²) in [6.07, 6.45) is 1.84. The zero-order valence-electron chi connectivity index (χ0n) is 15.6. The molecule has 0 aromatic heterocycles. The minimum absolute atomic E-state index is 0.0868. The maximum absolute atomic E-state index is 12.7. The predicted molar refractivity (Wildman–Crippen MR) is 105 cm³/mol. The lowest BCUT2D eigenvalue weighted by molar-refractivity contribution is -0.146. The lowest BCUT2D eigenvalue weighted by atomic mass is 10.0. The molecule has 0 aliphatic heterocycles. The van der Waals surface area contributed by atoms with E-state index in [1.807, 2.05) is 60.7 Å². The molecule has 0 unspecified atom stereocenters. The first kappa shape index (κ1) is 20.0. The molecule has 2 aromatic carbocycles. The number of hydrogen-bond donors (Lipinski definition) is 1. The summed E-state index contributed by atoms with van der Waals surface area (Å²) in [4.78, 5) is 12.7. The van der Waals surface area contributed by atoms with Crippen molar-refractivity contribution in [1.29, 1.82) is 0 Å². The summed E-state index contributed by atoms with van der Waals surface area (Å²) in [7, 11) is 0. The van der Waals surface area contributed by atoms with Crippen LogP contribution in [-0.4, -0.2) is 35.8 Å². The summed E-state index contributed by atoms with van der Waals surface area (Å²) in [5, 5.41) is 11.0. The number of ketones is 1. The monoisotopic (exact) mass is 380 g/mol. The van der Waals surface area contributed by atoms with Crippen LogP contribution in [0.5, 0.6) is 0 Å². The van der Waals surface area contributed by atoms with E-state index in [1.165, 1.54) is 12.2 Å². The molecule has 3 rings (SSSR count). The molecule has 5 heteroatoms. The third kappa shape index (κ3) is 4.95. The van der Waals surface area contributed by atoms with Crippen molar-refractivity contribution >= 4 is 5.78 Å². The van der Waals surface area contributed by atoms with Gasteiger partial charge in [-0.1, -0.05) is 66.7 Å². The molecule has 0 amide bonds. The Morgan fingerprint density at radius 1 is 1.00 bits per heavy atom. The van der Waals surface area contributed by atoms with Crippen molar-refractivity contribution in [3.63, 3.8) is 0 Å². The third-order valence-corrected chi connectivity index (χ3v) is 4.38. The highest BCUT2D eigenvalue weighted by atomic mass is 16.5. The molecule has 5 nitrogen and oxygen atoms in total. The highest BCUT2D eigenvalue weighted by molar-refractivity contribution is 6.01. The number of aliphatic hydroxyl groups is 1. The minimum Gasteiger partial charge on any atom is -0.485 e. The third-order valence-electron chi connectivity index (χ3n) is 4.38. The van der Waals surface area contributed by atoms with Gasteiger partial charge in [0.2, 0.25) is 5.78 Å². The predicted octanol–water partition coefficient (Wildman–Crippen LogP) is 3.19. The van der Waals surface area contributed by atoms with E-state index in [1.54, 1.807) is 0 Å². The molecular weight excluding hydrogens is 356 g/mol. The van der Waals surface area contributed by atoms with Crippen LogP contribution in [-0.2, 0) is 32.2 Å². The van der Waals surface area contributed by atoms with E-state index in [9.17, 15) is 9.90 Å². The summed E-state index contributed by atoms with van der Waals surface area (Å²) in [6.45, 7) is 4.19. The smallest absolute Gasteiger partial charge is 0.229 e. The number of ether oxygens (including phenoxy) is 3. The lowest BCUT2D eigenvalue weighted by Gasteiger charge is -2.27. The Hall–Kier alpha value is -2.73. The average Bonchev–Trinajstić information content (AvgIpc) is 2.96. The second kappa shape index (κ2) is 9.46. The van der Waals surface area contributed by atoms with E-state index in [2.05, 4.69) is 6.58 Å². The van der Waals surface area contributed by atoms with Crippen LogP contribution in [0.4, 0.5) is 0 Å². The molecule has 0 saturated carbocycles. The van der Waals surface area contributed by atoms with Gasteiger partial charge in [-0.25, -0.2) is 0 Å². The van der Waals surface area contributed by atoms with Gasteiger partial charge in [-0.05, 0) is 17.2 Å². The quantitative estimate of drug-likeness (QED) is 0.642. The fraction of sp³-hybridized carbons (Fsp3) is 0.261. The molecule has 1 aliphatic rings. The van der Waals surface area contributed by atoms with Crippen LogP contribution in [0.15, 0.2) is 85.2 Å². The summed E-state index contributed by atoms with van der Waals surface area (Å²) in [5.74, 6) is -0.313. The molecule has 2 aromatic rings. The van der Waals surface area contributed by atoms with Crippen molar-refractivity contribution in [3.8, 4) is 0 Å². The lowest BCUT2D eigenvalue weighted by Crippen LogP contribution is -2.46. The molecule has 0 radical (unpaired) electrons. The second-order valence-electron chi connectivity index (χ2n) is 6.62. The molecule has 28 heavy (non-hydrogen) atoms. The number of carbonyl (C=O) groups is 1. The molecule has 0 bridgehead atoms. The Bertz CT molecular complexity index is 815. The average molecular weight is 380 g/mol. The van der Waals surface area contributed by atoms with Crippen LogP contribution in [0.2, 0.25) is 0 Å². The number of carbonyl (C=O) groups excluding carboxylic acids is 1. The number of Topliss-reactive ketones (excluding diaryl/α,β-unsaturated/α-hetero) is 1. The molecule has 0 saturated heterocycles. The fourth-order valence-electron chi connectivity index (χ4n) is 2.99. The van der Waals surface area contributed by atoms with E-state index in [0.717, 1.165) is 11.1 Å². The number of benzene rings is 2. The topological polar surface area (TPSA) is 65.0 Å². The zero-order valence-corrected chi connectivity index (χ0v) is 15.6. The van der Waals surface area contributed by atoms with Crippen molar-refractivity contribution in [1.82, 2.24) is 0 Å². The van der Waals surface area contributed by atoms with Crippen molar-refractivity contribution in [3.05, 3.63) is 96.3 Å².